The van der Waals surface area contributed by atoms with Gasteiger partial charge in [-0.05, 0) is 36.6 Å². The highest BCUT2D eigenvalue weighted by molar-refractivity contribution is 9.10. The zero-order valence-electron chi connectivity index (χ0n) is 10.9. The zero-order chi connectivity index (χ0) is 13.4. The van der Waals surface area contributed by atoms with E-state index in [0.29, 0.717) is 0 Å². The van der Waals surface area contributed by atoms with Gasteiger partial charge in [-0.15, -0.1) is 0 Å². The van der Waals surface area contributed by atoms with Crippen molar-refractivity contribution in [3.63, 3.8) is 0 Å². The molecule has 1 aromatic rings. The van der Waals surface area contributed by atoms with Gasteiger partial charge in [-0.2, -0.15) is 0 Å². The van der Waals surface area contributed by atoms with Crippen LogP contribution in [-0.4, -0.2) is 18.6 Å². The van der Waals surface area contributed by atoms with Crippen molar-refractivity contribution in [3.05, 3.63) is 34.1 Å². The number of hydrogen-bond acceptors (Lipinski definition) is 2. The van der Waals surface area contributed by atoms with Gasteiger partial charge in [-0.25, -0.2) is 4.39 Å². The fraction of sp³-hybridized carbons (Fsp3) is 0.571. The van der Waals surface area contributed by atoms with Gasteiger partial charge >= 0.3 is 0 Å². The van der Waals surface area contributed by atoms with Crippen molar-refractivity contribution < 1.29 is 4.39 Å². The Kier molecular flexibility index (Phi) is 3.81. The Morgan fingerprint density at radius 3 is 2.72 bits per heavy atom. The molecular weight excluding hydrogens is 295 g/mol. The molecule has 1 aliphatic rings. The van der Waals surface area contributed by atoms with E-state index in [-0.39, 0.29) is 16.8 Å². The smallest absolute Gasteiger partial charge is 0.127 e. The van der Waals surface area contributed by atoms with Crippen molar-refractivity contribution in [1.29, 1.82) is 0 Å². The summed E-state index contributed by atoms with van der Waals surface area (Å²) in [5.74, 6) is -0.154. The standard InChI is InChI=1S/C14H20BrFN2/c1-13(2,8-18-9-14(17)5-6-14)11-7-10(15)3-4-12(11)16/h3-4,7,18H,5-6,8-9,17H2,1-2H3. The third-order valence-electron chi connectivity index (χ3n) is 3.59. The van der Waals surface area contributed by atoms with Crippen LogP contribution < -0.4 is 11.1 Å². The van der Waals surface area contributed by atoms with Gasteiger partial charge in [0.15, 0.2) is 0 Å². The fourth-order valence-corrected chi connectivity index (χ4v) is 2.43. The monoisotopic (exact) mass is 314 g/mol. The highest BCUT2D eigenvalue weighted by Crippen LogP contribution is 2.32. The Bertz CT molecular complexity index is 441. The maximum atomic E-state index is 13.9. The SMILES string of the molecule is CC(C)(CNCC1(N)CC1)c1cc(Br)ccc1F. The molecule has 1 aliphatic carbocycles. The third-order valence-corrected chi connectivity index (χ3v) is 4.09. The van der Waals surface area contributed by atoms with Crippen LogP contribution in [0.4, 0.5) is 4.39 Å². The van der Waals surface area contributed by atoms with Gasteiger partial charge in [0, 0.05) is 28.5 Å². The molecule has 0 saturated heterocycles. The highest BCUT2D eigenvalue weighted by Gasteiger charge is 2.38. The summed E-state index contributed by atoms with van der Waals surface area (Å²) < 4.78 is 14.8. The van der Waals surface area contributed by atoms with Gasteiger partial charge in [0.1, 0.15) is 5.82 Å². The minimum Gasteiger partial charge on any atom is -0.324 e. The molecule has 2 rings (SSSR count). The Morgan fingerprint density at radius 2 is 2.11 bits per heavy atom. The van der Waals surface area contributed by atoms with E-state index >= 15 is 0 Å². The summed E-state index contributed by atoms with van der Waals surface area (Å²) in [6.07, 6.45) is 2.18. The second kappa shape index (κ2) is 4.91. The van der Waals surface area contributed by atoms with Gasteiger partial charge in [0.2, 0.25) is 0 Å². The second-order valence-corrected chi connectivity index (χ2v) is 6.89. The lowest BCUT2D eigenvalue weighted by atomic mass is 9.84. The van der Waals surface area contributed by atoms with Crippen LogP contribution in [0.1, 0.15) is 32.3 Å². The van der Waals surface area contributed by atoms with E-state index in [1.807, 2.05) is 19.9 Å². The largest absolute Gasteiger partial charge is 0.324 e. The Labute approximate surface area is 116 Å². The Balaban J connectivity index is 2.02. The van der Waals surface area contributed by atoms with E-state index in [1.54, 1.807) is 6.07 Å². The predicted molar refractivity (Wildman–Crippen MR) is 76.1 cm³/mol. The summed E-state index contributed by atoms with van der Waals surface area (Å²) >= 11 is 3.39. The van der Waals surface area contributed by atoms with Gasteiger partial charge < -0.3 is 11.1 Å². The molecule has 0 aliphatic heterocycles. The van der Waals surface area contributed by atoms with Crippen LogP contribution in [0.2, 0.25) is 0 Å². The molecule has 0 atom stereocenters. The maximum Gasteiger partial charge on any atom is 0.127 e. The first-order valence-corrected chi connectivity index (χ1v) is 7.07. The second-order valence-electron chi connectivity index (χ2n) is 5.97. The molecule has 2 nitrogen and oxygen atoms in total. The molecule has 0 spiro atoms. The average Bonchev–Trinajstić information content (AvgIpc) is 3.00. The van der Waals surface area contributed by atoms with Crippen LogP contribution in [0.5, 0.6) is 0 Å². The van der Waals surface area contributed by atoms with Gasteiger partial charge in [0.25, 0.3) is 0 Å². The number of rotatable bonds is 5. The van der Waals surface area contributed by atoms with Crippen molar-refractivity contribution in [2.45, 2.75) is 37.6 Å². The quantitative estimate of drug-likeness (QED) is 0.877. The van der Waals surface area contributed by atoms with Crippen molar-refractivity contribution in [3.8, 4) is 0 Å². The van der Waals surface area contributed by atoms with Crippen LogP contribution in [0.25, 0.3) is 0 Å². The van der Waals surface area contributed by atoms with Gasteiger partial charge in [-0.1, -0.05) is 29.8 Å². The summed E-state index contributed by atoms with van der Waals surface area (Å²) in [6, 6.07) is 5.08. The van der Waals surface area contributed by atoms with E-state index in [9.17, 15) is 4.39 Å². The van der Waals surface area contributed by atoms with Gasteiger partial charge in [-0.3, -0.25) is 0 Å². The number of hydrogen-bond donors (Lipinski definition) is 2. The molecule has 0 radical (unpaired) electrons. The first kappa shape index (κ1) is 14.0. The Morgan fingerprint density at radius 1 is 1.44 bits per heavy atom. The van der Waals surface area contributed by atoms with E-state index in [0.717, 1.165) is 36.0 Å². The predicted octanol–water partition coefficient (Wildman–Crippen LogP) is 2.95. The Hall–Kier alpha value is -0.450. The maximum absolute atomic E-state index is 13.9. The van der Waals surface area contributed by atoms with Crippen molar-refractivity contribution in [2.75, 3.05) is 13.1 Å². The first-order valence-electron chi connectivity index (χ1n) is 6.28. The van der Waals surface area contributed by atoms with Crippen molar-refractivity contribution in [1.82, 2.24) is 5.32 Å². The minimum atomic E-state index is -0.251. The molecule has 1 fully saturated rings. The molecular formula is C14H20BrFN2. The van der Waals surface area contributed by atoms with E-state index < -0.39 is 0 Å². The van der Waals surface area contributed by atoms with E-state index in [4.69, 9.17) is 5.73 Å². The summed E-state index contributed by atoms with van der Waals surface area (Å²) in [5, 5.41) is 3.37. The van der Waals surface area contributed by atoms with Crippen LogP contribution in [0.3, 0.4) is 0 Å². The van der Waals surface area contributed by atoms with Crippen LogP contribution in [0.15, 0.2) is 22.7 Å². The number of nitrogens with two attached hydrogens (primary N) is 1. The summed E-state index contributed by atoms with van der Waals surface area (Å²) in [6.45, 7) is 5.62. The molecule has 0 heterocycles. The lowest BCUT2D eigenvalue weighted by molar-refractivity contribution is 0.430. The summed E-state index contributed by atoms with van der Waals surface area (Å²) in [4.78, 5) is 0. The lowest BCUT2D eigenvalue weighted by Crippen LogP contribution is -2.41. The fourth-order valence-electron chi connectivity index (χ4n) is 2.07. The van der Waals surface area contributed by atoms with Crippen molar-refractivity contribution >= 4 is 15.9 Å². The van der Waals surface area contributed by atoms with E-state index in [1.165, 1.54) is 6.07 Å². The molecule has 4 heteroatoms. The molecule has 0 amide bonds. The van der Waals surface area contributed by atoms with Crippen LogP contribution in [0, 0.1) is 5.82 Å². The molecule has 100 valence electrons. The lowest BCUT2D eigenvalue weighted by Gasteiger charge is -2.27. The summed E-state index contributed by atoms with van der Waals surface area (Å²) in [5.41, 5.74) is 6.49. The zero-order valence-corrected chi connectivity index (χ0v) is 12.5. The molecule has 3 N–H and O–H groups in total. The molecule has 1 saturated carbocycles. The minimum absolute atomic E-state index is 0.00804. The topological polar surface area (TPSA) is 38.0 Å². The van der Waals surface area contributed by atoms with Crippen molar-refractivity contribution in [2.24, 2.45) is 5.73 Å². The highest BCUT2D eigenvalue weighted by atomic mass is 79.9. The van der Waals surface area contributed by atoms with E-state index in [2.05, 4.69) is 21.2 Å². The molecule has 18 heavy (non-hydrogen) atoms. The number of halogens is 2. The summed E-state index contributed by atoms with van der Waals surface area (Å²) in [7, 11) is 0. The molecule has 1 aromatic carbocycles. The third kappa shape index (κ3) is 3.31. The number of nitrogens with one attached hydrogen (secondary N) is 1. The molecule has 0 aromatic heterocycles. The van der Waals surface area contributed by atoms with Crippen LogP contribution >= 0.6 is 15.9 Å². The first-order chi connectivity index (χ1) is 8.32. The van der Waals surface area contributed by atoms with Gasteiger partial charge in [0.05, 0.1) is 0 Å². The molecule has 0 bridgehead atoms. The number of benzene rings is 1. The normalized spacial score (nSPS) is 17.8. The average molecular weight is 315 g/mol. The molecule has 0 unspecified atom stereocenters. The van der Waals surface area contributed by atoms with Crippen LogP contribution in [-0.2, 0) is 5.41 Å².